The highest BCUT2D eigenvalue weighted by Gasteiger charge is 2.32. The molecule has 6 rings (SSSR count). The van der Waals surface area contributed by atoms with Gasteiger partial charge in [0.25, 0.3) is 5.56 Å². The number of carbonyl (C=O) groups excluding carboxylic acids is 1. The van der Waals surface area contributed by atoms with Crippen LogP contribution in [0.3, 0.4) is 0 Å². The van der Waals surface area contributed by atoms with E-state index in [0.717, 1.165) is 59.4 Å². The van der Waals surface area contributed by atoms with Crippen molar-refractivity contribution >= 4 is 22.7 Å². The Labute approximate surface area is 240 Å². The van der Waals surface area contributed by atoms with Crippen LogP contribution in [0.2, 0.25) is 0 Å². The van der Waals surface area contributed by atoms with Crippen molar-refractivity contribution in [3.8, 4) is 22.9 Å². The first-order chi connectivity index (χ1) is 20.0. The van der Waals surface area contributed by atoms with Gasteiger partial charge in [0.05, 0.1) is 17.6 Å². The quantitative estimate of drug-likeness (QED) is 0.306. The first-order valence-electron chi connectivity index (χ1n) is 14.1. The summed E-state index contributed by atoms with van der Waals surface area (Å²) in [7, 11) is 0. The van der Waals surface area contributed by atoms with E-state index in [1.54, 1.807) is 16.7 Å². The lowest BCUT2D eigenvalue weighted by Crippen LogP contribution is -2.57. The van der Waals surface area contributed by atoms with Crippen molar-refractivity contribution in [3.63, 3.8) is 0 Å². The molecule has 1 fully saturated rings. The van der Waals surface area contributed by atoms with Gasteiger partial charge in [-0.15, -0.1) is 0 Å². The molecule has 0 radical (unpaired) electrons. The standard InChI is InChI=1S/C35H32N4O2/c1-24-21-39(35(41)32-8-5-7-31(34(24)32)27-12-10-26(20-36)11-13-27)30-16-14-29(15-17-30)37-18-19-38(25(2)22-37)33-9-4-3-6-28(33)23-40/h3-17,21,23,25,28,33H,18-19,22H2,1-2H3. The molecule has 2 heterocycles. The minimum absolute atomic E-state index is 0.0598. The lowest BCUT2D eigenvalue weighted by atomic mass is 9.93. The number of hydrogen-bond donors (Lipinski definition) is 0. The van der Waals surface area contributed by atoms with Crippen LogP contribution in [0.15, 0.2) is 102 Å². The molecule has 3 atom stereocenters. The van der Waals surface area contributed by atoms with Crippen LogP contribution in [-0.2, 0) is 4.79 Å². The fraction of sp³-hybridized carbons (Fsp3) is 0.229. The van der Waals surface area contributed by atoms with Gasteiger partial charge in [-0.3, -0.25) is 14.3 Å². The Morgan fingerprint density at radius 3 is 2.37 bits per heavy atom. The average molecular weight is 541 g/mol. The molecule has 0 amide bonds. The lowest BCUT2D eigenvalue weighted by molar-refractivity contribution is -0.111. The molecule has 3 unspecified atom stereocenters. The van der Waals surface area contributed by atoms with E-state index in [1.807, 2.05) is 73.8 Å². The molecule has 0 saturated carbocycles. The molecular formula is C35H32N4O2. The highest BCUT2D eigenvalue weighted by atomic mass is 16.1. The fourth-order valence-electron chi connectivity index (χ4n) is 6.30. The Hall–Kier alpha value is -4.73. The largest absolute Gasteiger partial charge is 0.369 e. The second kappa shape index (κ2) is 11.0. The summed E-state index contributed by atoms with van der Waals surface area (Å²) < 4.78 is 1.73. The lowest BCUT2D eigenvalue weighted by Gasteiger charge is -2.45. The molecule has 1 aliphatic heterocycles. The predicted molar refractivity (Wildman–Crippen MR) is 164 cm³/mol. The normalized spacial score (nSPS) is 20.7. The summed E-state index contributed by atoms with van der Waals surface area (Å²) >= 11 is 0. The Morgan fingerprint density at radius 1 is 0.927 bits per heavy atom. The maximum absolute atomic E-state index is 13.7. The van der Waals surface area contributed by atoms with E-state index in [4.69, 9.17) is 5.26 Å². The van der Waals surface area contributed by atoms with Gasteiger partial charge in [-0.2, -0.15) is 5.26 Å². The summed E-state index contributed by atoms with van der Waals surface area (Å²) in [5.41, 5.74) is 5.47. The van der Waals surface area contributed by atoms with E-state index in [1.165, 1.54) is 0 Å². The summed E-state index contributed by atoms with van der Waals surface area (Å²) in [6.07, 6.45) is 11.1. The molecule has 6 heteroatoms. The Morgan fingerprint density at radius 2 is 1.66 bits per heavy atom. The number of nitriles is 1. The number of aldehydes is 1. The second-order valence-corrected chi connectivity index (χ2v) is 10.9. The number of allylic oxidation sites excluding steroid dienone is 2. The minimum atomic E-state index is -0.0998. The first-order valence-corrected chi connectivity index (χ1v) is 14.1. The third-order valence-electron chi connectivity index (χ3n) is 8.41. The topological polar surface area (TPSA) is 69.3 Å². The minimum Gasteiger partial charge on any atom is -0.369 e. The number of rotatable bonds is 5. The van der Waals surface area contributed by atoms with Crippen molar-refractivity contribution in [3.05, 3.63) is 119 Å². The van der Waals surface area contributed by atoms with E-state index >= 15 is 0 Å². The van der Waals surface area contributed by atoms with Crippen molar-refractivity contribution in [1.29, 1.82) is 5.26 Å². The zero-order chi connectivity index (χ0) is 28.5. The number of pyridine rings is 1. The summed E-state index contributed by atoms with van der Waals surface area (Å²) in [4.78, 5) is 30.1. The molecule has 0 N–H and O–H groups in total. The van der Waals surface area contributed by atoms with Crippen LogP contribution in [0.1, 0.15) is 18.1 Å². The van der Waals surface area contributed by atoms with Crippen LogP contribution < -0.4 is 10.5 Å². The summed E-state index contributed by atoms with van der Waals surface area (Å²) in [5.74, 6) is -0.0998. The van der Waals surface area contributed by atoms with E-state index in [0.29, 0.717) is 17.0 Å². The predicted octanol–water partition coefficient (Wildman–Crippen LogP) is 5.66. The third kappa shape index (κ3) is 4.90. The number of anilines is 1. The van der Waals surface area contributed by atoms with Crippen molar-refractivity contribution < 1.29 is 4.79 Å². The Balaban J connectivity index is 1.25. The van der Waals surface area contributed by atoms with Crippen LogP contribution in [0.25, 0.3) is 27.6 Å². The number of hydrogen-bond acceptors (Lipinski definition) is 5. The Kier molecular flexibility index (Phi) is 7.13. The number of piperazine rings is 1. The van der Waals surface area contributed by atoms with Gasteiger partial charge in [0.1, 0.15) is 6.29 Å². The highest BCUT2D eigenvalue weighted by Crippen LogP contribution is 2.31. The van der Waals surface area contributed by atoms with Crippen LogP contribution >= 0.6 is 0 Å². The van der Waals surface area contributed by atoms with Gasteiger partial charge in [0.2, 0.25) is 0 Å². The summed E-state index contributed by atoms with van der Waals surface area (Å²) in [6.45, 7) is 6.87. The number of fused-ring (bicyclic) bond motifs is 1. The number of aryl methyl sites for hydroxylation is 1. The molecule has 4 aromatic rings. The number of aromatic nitrogens is 1. The van der Waals surface area contributed by atoms with Crippen molar-refractivity contribution in [1.82, 2.24) is 9.47 Å². The monoisotopic (exact) mass is 540 g/mol. The van der Waals surface area contributed by atoms with Gasteiger partial charge in [-0.25, -0.2) is 0 Å². The molecule has 6 nitrogen and oxygen atoms in total. The van der Waals surface area contributed by atoms with Crippen LogP contribution in [0, 0.1) is 24.2 Å². The van der Waals surface area contributed by atoms with Gasteiger partial charge >= 0.3 is 0 Å². The van der Waals surface area contributed by atoms with E-state index in [9.17, 15) is 9.59 Å². The molecule has 0 spiro atoms. The fourth-order valence-corrected chi connectivity index (χ4v) is 6.30. The third-order valence-corrected chi connectivity index (χ3v) is 8.41. The zero-order valence-corrected chi connectivity index (χ0v) is 23.3. The number of nitrogens with zero attached hydrogens (tertiary/aromatic N) is 4. The molecule has 3 aromatic carbocycles. The van der Waals surface area contributed by atoms with E-state index in [2.05, 4.69) is 41.0 Å². The molecular weight excluding hydrogens is 508 g/mol. The van der Waals surface area contributed by atoms with Gasteiger partial charge in [0, 0.05) is 54.7 Å². The Bertz CT molecular complexity index is 1760. The molecule has 2 aliphatic rings. The van der Waals surface area contributed by atoms with Gasteiger partial charge in [-0.05, 0) is 78.4 Å². The van der Waals surface area contributed by atoms with Gasteiger partial charge in [0.15, 0.2) is 0 Å². The van der Waals surface area contributed by atoms with Crippen LogP contribution in [0.5, 0.6) is 0 Å². The number of benzene rings is 3. The molecule has 1 saturated heterocycles. The molecule has 1 aliphatic carbocycles. The average Bonchev–Trinajstić information content (AvgIpc) is 3.02. The number of carbonyl (C=O) groups is 1. The second-order valence-electron chi connectivity index (χ2n) is 10.9. The molecule has 1 aromatic heterocycles. The van der Waals surface area contributed by atoms with Crippen molar-refractivity contribution in [2.75, 3.05) is 24.5 Å². The smallest absolute Gasteiger partial charge is 0.262 e. The van der Waals surface area contributed by atoms with Gasteiger partial charge < -0.3 is 9.69 Å². The van der Waals surface area contributed by atoms with Gasteiger partial charge in [-0.1, -0.05) is 48.6 Å². The highest BCUT2D eigenvalue weighted by molar-refractivity contribution is 5.98. The maximum Gasteiger partial charge on any atom is 0.262 e. The van der Waals surface area contributed by atoms with Crippen LogP contribution in [0.4, 0.5) is 5.69 Å². The molecule has 0 bridgehead atoms. The molecule has 41 heavy (non-hydrogen) atoms. The summed E-state index contributed by atoms with van der Waals surface area (Å²) in [5, 5.41) is 10.8. The SMILES string of the molecule is Cc1cn(-c2ccc(N3CCN(C4C=CC=CC4C=O)C(C)C3)cc2)c(=O)c2cccc(-c3ccc(C#N)cc3)c12. The summed E-state index contributed by atoms with van der Waals surface area (Å²) in [6, 6.07) is 24.1. The van der Waals surface area contributed by atoms with Crippen molar-refractivity contribution in [2.45, 2.75) is 25.9 Å². The van der Waals surface area contributed by atoms with E-state index < -0.39 is 0 Å². The van der Waals surface area contributed by atoms with Crippen molar-refractivity contribution in [2.24, 2.45) is 5.92 Å². The maximum atomic E-state index is 13.7. The first kappa shape index (κ1) is 26.5. The van der Waals surface area contributed by atoms with E-state index in [-0.39, 0.29) is 17.5 Å². The molecule has 204 valence electrons. The van der Waals surface area contributed by atoms with Crippen LogP contribution in [-0.4, -0.2) is 47.5 Å². The zero-order valence-electron chi connectivity index (χ0n) is 23.3.